The van der Waals surface area contributed by atoms with Crippen molar-refractivity contribution in [3.05, 3.63) is 6.92 Å². The summed E-state index contributed by atoms with van der Waals surface area (Å²) in [6.07, 6.45) is 0. The molecule has 2 heteroatoms. The molecule has 1 rings (SSSR count). The molecule has 2 N–H and O–H groups in total. The first-order valence-corrected chi connectivity index (χ1v) is 2.62. The van der Waals surface area contributed by atoms with E-state index in [2.05, 4.69) is 11.8 Å². The standard InChI is InChI=1S/C5H11N2/c1-5(4-6)7-2-3-7/h5H,1-4,6H2. The minimum absolute atomic E-state index is 0.375. The fourth-order valence-corrected chi connectivity index (χ4v) is 0.572. The molecule has 2 nitrogen and oxygen atoms in total. The first kappa shape index (κ1) is 5.06. The third-order valence-corrected chi connectivity index (χ3v) is 1.27. The molecule has 7 heavy (non-hydrogen) atoms. The minimum atomic E-state index is 0.375. The third kappa shape index (κ3) is 1.14. The van der Waals surface area contributed by atoms with Crippen molar-refractivity contribution in [2.75, 3.05) is 19.6 Å². The van der Waals surface area contributed by atoms with Crippen LogP contribution in [-0.2, 0) is 0 Å². The van der Waals surface area contributed by atoms with Gasteiger partial charge in [0.2, 0.25) is 0 Å². The normalized spacial score (nSPS) is 24.9. The second kappa shape index (κ2) is 1.80. The lowest BCUT2D eigenvalue weighted by Gasteiger charge is -2.05. The Morgan fingerprint density at radius 1 is 1.71 bits per heavy atom. The Morgan fingerprint density at radius 3 is 2.43 bits per heavy atom. The average Bonchev–Trinajstić information content (AvgIpc) is 2.44. The van der Waals surface area contributed by atoms with Gasteiger partial charge in [-0.25, -0.2) is 0 Å². The van der Waals surface area contributed by atoms with Crippen LogP contribution in [0.25, 0.3) is 0 Å². The van der Waals surface area contributed by atoms with Crippen LogP contribution in [0, 0.1) is 6.92 Å². The van der Waals surface area contributed by atoms with Crippen molar-refractivity contribution in [2.45, 2.75) is 6.04 Å². The van der Waals surface area contributed by atoms with E-state index < -0.39 is 0 Å². The summed E-state index contributed by atoms with van der Waals surface area (Å²) < 4.78 is 0. The number of hydrogen-bond acceptors (Lipinski definition) is 2. The number of nitrogens with two attached hydrogens (primary N) is 1. The highest BCUT2D eigenvalue weighted by molar-refractivity contribution is 4.83. The van der Waals surface area contributed by atoms with E-state index in [0.29, 0.717) is 12.6 Å². The molecule has 0 amide bonds. The summed E-state index contributed by atoms with van der Waals surface area (Å²) in [5, 5.41) is 0. The summed E-state index contributed by atoms with van der Waals surface area (Å²) in [4.78, 5) is 2.24. The predicted molar refractivity (Wildman–Crippen MR) is 29.8 cm³/mol. The molecule has 1 aliphatic rings. The fraction of sp³-hybridized carbons (Fsp3) is 0.800. The summed E-state index contributed by atoms with van der Waals surface area (Å²) in [5.74, 6) is 0. The Morgan fingerprint density at radius 2 is 2.29 bits per heavy atom. The zero-order valence-electron chi connectivity index (χ0n) is 4.43. The van der Waals surface area contributed by atoms with E-state index in [4.69, 9.17) is 5.73 Å². The predicted octanol–water partition coefficient (Wildman–Crippen LogP) is -0.537. The molecule has 0 bridgehead atoms. The van der Waals surface area contributed by atoms with Crippen molar-refractivity contribution in [1.29, 1.82) is 0 Å². The van der Waals surface area contributed by atoms with Gasteiger partial charge >= 0.3 is 0 Å². The molecule has 1 atom stereocenters. The van der Waals surface area contributed by atoms with Crippen LogP contribution in [0.3, 0.4) is 0 Å². The molecule has 0 aliphatic carbocycles. The van der Waals surface area contributed by atoms with Gasteiger partial charge in [-0.2, -0.15) is 0 Å². The van der Waals surface area contributed by atoms with Crippen LogP contribution < -0.4 is 5.73 Å². The van der Waals surface area contributed by atoms with Gasteiger partial charge in [-0.1, -0.05) is 0 Å². The number of hydrogen-bond donors (Lipinski definition) is 1. The minimum Gasteiger partial charge on any atom is -0.329 e. The van der Waals surface area contributed by atoms with Gasteiger partial charge in [0.15, 0.2) is 0 Å². The van der Waals surface area contributed by atoms with Crippen LogP contribution in [0.5, 0.6) is 0 Å². The van der Waals surface area contributed by atoms with Gasteiger partial charge in [0, 0.05) is 25.7 Å². The topological polar surface area (TPSA) is 29.0 Å². The lowest BCUT2D eigenvalue weighted by molar-refractivity contribution is 0.472. The maximum absolute atomic E-state index is 5.31. The molecule has 1 heterocycles. The molecule has 1 saturated heterocycles. The Balaban J connectivity index is 2.10. The van der Waals surface area contributed by atoms with Crippen molar-refractivity contribution < 1.29 is 0 Å². The highest BCUT2D eigenvalue weighted by Gasteiger charge is 2.21. The molecule has 0 aromatic rings. The molecule has 0 saturated carbocycles. The number of rotatable bonds is 2. The Kier molecular flexibility index (Phi) is 1.30. The van der Waals surface area contributed by atoms with Crippen molar-refractivity contribution in [3.63, 3.8) is 0 Å². The van der Waals surface area contributed by atoms with Crippen molar-refractivity contribution in [1.82, 2.24) is 4.90 Å². The molecule has 1 aliphatic heterocycles. The third-order valence-electron chi connectivity index (χ3n) is 1.27. The smallest absolute Gasteiger partial charge is 0.0220 e. The monoisotopic (exact) mass is 99.1 g/mol. The summed E-state index contributed by atoms with van der Waals surface area (Å²) >= 11 is 0. The van der Waals surface area contributed by atoms with E-state index in [0.717, 1.165) is 0 Å². The Bertz CT molecular complexity index is 59.1. The SMILES string of the molecule is [CH2]C(CN)N1CC1. The largest absolute Gasteiger partial charge is 0.329 e. The van der Waals surface area contributed by atoms with Gasteiger partial charge in [0.1, 0.15) is 0 Å². The highest BCUT2D eigenvalue weighted by atomic mass is 15.3. The zero-order valence-corrected chi connectivity index (χ0v) is 4.43. The molecule has 0 aromatic heterocycles. The fourth-order valence-electron chi connectivity index (χ4n) is 0.572. The van der Waals surface area contributed by atoms with Crippen molar-refractivity contribution >= 4 is 0 Å². The van der Waals surface area contributed by atoms with Crippen LogP contribution in [-0.4, -0.2) is 30.6 Å². The van der Waals surface area contributed by atoms with Gasteiger partial charge in [0.25, 0.3) is 0 Å². The van der Waals surface area contributed by atoms with Crippen molar-refractivity contribution in [2.24, 2.45) is 5.73 Å². The second-order valence-corrected chi connectivity index (χ2v) is 1.93. The molecule has 1 unspecified atom stereocenters. The van der Waals surface area contributed by atoms with E-state index in [1.54, 1.807) is 0 Å². The molecule has 0 spiro atoms. The van der Waals surface area contributed by atoms with Crippen LogP contribution in [0.2, 0.25) is 0 Å². The van der Waals surface area contributed by atoms with Crippen LogP contribution in [0.15, 0.2) is 0 Å². The van der Waals surface area contributed by atoms with Crippen LogP contribution >= 0.6 is 0 Å². The van der Waals surface area contributed by atoms with Gasteiger partial charge in [0.05, 0.1) is 0 Å². The van der Waals surface area contributed by atoms with E-state index in [9.17, 15) is 0 Å². The van der Waals surface area contributed by atoms with Crippen LogP contribution in [0.1, 0.15) is 0 Å². The zero-order chi connectivity index (χ0) is 5.28. The van der Waals surface area contributed by atoms with E-state index >= 15 is 0 Å². The summed E-state index contributed by atoms with van der Waals surface area (Å²) in [5.41, 5.74) is 5.31. The second-order valence-electron chi connectivity index (χ2n) is 1.93. The van der Waals surface area contributed by atoms with E-state index in [1.807, 2.05) is 0 Å². The average molecular weight is 99.2 g/mol. The van der Waals surface area contributed by atoms with Gasteiger partial charge in [-0.05, 0) is 6.92 Å². The first-order chi connectivity index (χ1) is 3.34. The molecular formula is C5H11N2. The summed E-state index contributed by atoms with van der Waals surface area (Å²) in [6, 6.07) is 0.375. The maximum atomic E-state index is 5.31. The lowest BCUT2D eigenvalue weighted by Crippen LogP contribution is -2.24. The highest BCUT2D eigenvalue weighted by Crippen LogP contribution is 2.07. The maximum Gasteiger partial charge on any atom is 0.0220 e. The molecule has 1 fully saturated rings. The quantitative estimate of drug-likeness (QED) is 0.471. The molecular weight excluding hydrogens is 88.1 g/mol. The first-order valence-electron chi connectivity index (χ1n) is 2.62. The lowest BCUT2D eigenvalue weighted by atomic mass is 10.3. The van der Waals surface area contributed by atoms with E-state index in [1.165, 1.54) is 13.1 Å². The number of nitrogens with zero attached hydrogens (tertiary/aromatic N) is 1. The molecule has 41 valence electrons. The van der Waals surface area contributed by atoms with Gasteiger partial charge in [-0.15, -0.1) is 0 Å². The Hall–Kier alpha value is -0.0800. The van der Waals surface area contributed by atoms with Crippen molar-refractivity contribution in [3.8, 4) is 0 Å². The van der Waals surface area contributed by atoms with Crippen LogP contribution in [0.4, 0.5) is 0 Å². The molecule has 0 aromatic carbocycles. The summed E-state index contributed by atoms with van der Waals surface area (Å²) in [6.45, 7) is 6.91. The summed E-state index contributed by atoms with van der Waals surface area (Å²) in [7, 11) is 0. The van der Waals surface area contributed by atoms with Gasteiger partial charge in [-0.3, -0.25) is 4.90 Å². The molecule has 1 radical (unpaired) electrons. The van der Waals surface area contributed by atoms with Gasteiger partial charge < -0.3 is 5.73 Å². The van der Waals surface area contributed by atoms with E-state index in [-0.39, 0.29) is 0 Å². The Labute approximate surface area is 44.3 Å².